The Hall–Kier alpha value is -2.44. The monoisotopic (exact) mass is 295 g/mol. The topological polar surface area (TPSA) is 87.3 Å². The zero-order chi connectivity index (χ0) is 16.0. The van der Waals surface area contributed by atoms with Crippen molar-refractivity contribution in [3.63, 3.8) is 0 Å². The number of carbonyl (C=O) groups excluding carboxylic acids is 3. The van der Waals surface area contributed by atoms with Crippen LogP contribution in [0, 0.1) is 11.7 Å². The molecule has 0 fully saturated rings. The van der Waals surface area contributed by atoms with Crippen LogP contribution in [0.5, 0.6) is 0 Å². The van der Waals surface area contributed by atoms with Crippen molar-refractivity contribution < 1.29 is 18.8 Å². The summed E-state index contributed by atoms with van der Waals surface area (Å²) >= 11 is 0. The number of halogens is 1. The number of amides is 3. The van der Waals surface area contributed by atoms with Gasteiger partial charge in [-0.1, -0.05) is 26.0 Å². The van der Waals surface area contributed by atoms with E-state index >= 15 is 0 Å². The van der Waals surface area contributed by atoms with Gasteiger partial charge in [-0.25, -0.2) is 4.39 Å². The van der Waals surface area contributed by atoms with Gasteiger partial charge in [-0.15, -0.1) is 0 Å². The lowest BCUT2D eigenvalue weighted by Gasteiger charge is -2.21. The normalized spacial score (nSPS) is 11.7. The molecule has 0 saturated heterocycles. The van der Waals surface area contributed by atoms with Crippen molar-refractivity contribution in [3.05, 3.63) is 35.6 Å². The molecule has 0 aliphatic rings. The summed E-state index contributed by atoms with van der Waals surface area (Å²) in [5, 5.41) is 2.48. The van der Waals surface area contributed by atoms with E-state index < -0.39 is 23.7 Å². The van der Waals surface area contributed by atoms with Crippen LogP contribution >= 0.6 is 0 Å². The summed E-state index contributed by atoms with van der Waals surface area (Å²) < 4.78 is 13.4. The van der Waals surface area contributed by atoms with Crippen LogP contribution in [0.2, 0.25) is 0 Å². The van der Waals surface area contributed by atoms with Crippen molar-refractivity contribution in [1.29, 1.82) is 0 Å². The van der Waals surface area contributed by atoms with E-state index in [2.05, 4.69) is 16.2 Å². The lowest BCUT2D eigenvalue weighted by atomic mass is 10.0. The van der Waals surface area contributed by atoms with E-state index in [-0.39, 0.29) is 17.4 Å². The molecule has 3 N–H and O–H groups in total. The van der Waals surface area contributed by atoms with Crippen LogP contribution in [0.3, 0.4) is 0 Å². The molecule has 0 spiro atoms. The number of hydrazine groups is 1. The molecule has 1 unspecified atom stereocenters. The second-order valence-electron chi connectivity index (χ2n) is 4.85. The van der Waals surface area contributed by atoms with Crippen LogP contribution in [0.1, 0.15) is 31.1 Å². The fourth-order valence-electron chi connectivity index (χ4n) is 1.66. The maximum absolute atomic E-state index is 13.4. The molecule has 6 nitrogen and oxygen atoms in total. The Bertz CT molecular complexity index is 546. The van der Waals surface area contributed by atoms with E-state index in [0.717, 1.165) is 6.07 Å². The van der Waals surface area contributed by atoms with Crippen LogP contribution in [0.15, 0.2) is 24.3 Å². The van der Waals surface area contributed by atoms with Gasteiger partial charge in [0.15, 0.2) is 0 Å². The summed E-state index contributed by atoms with van der Waals surface area (Å²) in [4.78, 5) is 34.7. The fraction of sp³-hybridized carbons (Fsp3) is 0.357. The molecular formula is C14H18FN3O3. The van der Waals surface area contributed by atoms with Gasteiger partial charge < -0.3 is 5.32 Å². The minimum absolute atomic E-state index is 0.167. The van der Waals surface area contributed by atoms with Crippen molar-refractivity contribution in [2.45, 2.75) is 26.8 Å². The molecule has 0 aromatic heterocycles. The lowest BCUT2D eigenvalue weighted by Crippen LogP contribution is -2.54. The van der Waals surface area contributed by atoms with Crippen LogP contribution < -0.4 is 16.2 Å². The largest absolute Gasteiger partial charge is 0.344 e. The Morgan fingerprint density at radius 3 is 2.24 bits per heavy atom. The quantitative estimate of drug-likeness (QED) is 0.716. The average Bonchev–Trinajstić information content (AvgIpc) is 2.41. The van der Waals surface area contributed by atoms with Crippen LogP contribution in [0.4, 0.5) is 4.39 Å². The van der Waals surface area contributed by atoms with Crippen molar-refractivity contribution in [3.8, 4) is 0 Å². The second kappa shape index (κ2) is 7.37. The molecular weight excluding hydrogens is 277 g/mol. The van der Waals surface area contributed by atoms with E-state index in [1.807, 2.05) is 0 Å². The third-order valence-corrected chi connectivity index (χ3v) is 2.73. The molecule has 21 heavy (non-hydrogen) atoms. The Morgan fingerprint density at radius 1 is 1.10 bits per heavy atom. The molecule has 7 heteroatoms. The Kier molecular flexibility index (Phi) is 5.83. The number of hydrogen-bond donors (Lipinski definition) is 3. The minimum atomic E-state index is -0.788. The molecule has 114 valence electrons. The smallest absolute Gasteiger partial charge is 0.272 e. The molecule has 0 bridgehead atoms. The number of carbonyl (C=O) groups is 3. The van der Waals surface area contributed by atoms with Gasteiger partial charge in [-0.3, -0.25) is 25.2 Å². The molecule has 1 rings (SSSR count). The molecule has 1 atom stereocenters. The predicted molar refractivity (Wildman–Crippen MR) is 74.5 cm³/mol. The molecule has 0 heterocycles. The van der Waals surface area contributed by atoms with E-state index in [1.165, 1.54) is 25.1 Å². The molecule has 1 aromatic carbocycles. The van der Waals surface area contributed by atoms with Gasteiger partial charge in [-0.2, -0.15) is 0 Å². The van der Waals surface area contributed by atoms with E-state index in [0.29, 0.717) is 0 Å². The Labute approximate surface area is 122 Å². The van der Waals surface area contributed by atoms with Gasteiger partial charge >= 0.3 is 0 Å². The molecule has 0 aliphatic heterocycles. The van der Waals surface area contributed by atoms with Gasteiger partial charge in [0.05, 0.1) is 5.56 Å². The van der Waals surface area contributed by atoms with Gasteiger partial charge in [0.1, 0.15) is 11.9 Å². The van der Waals surface area contributed by atoms with Crippen LogP contribution in [0.25, 0.3) is 0 Å². The zero-order valence-corrected chi connectivity index (χ0v) is 12.1. The van der Waals surface area contributed by atoms with Gasteiger partial charge in [0.25, 0.3) is 11.8 Å². The number of benzene rings is 1. The summed E-state index contributed by atoms with van der Waals surface area (Å²) in [5.41, 5.74) is 4.11. The fourth-order valence-corrected chi connectivity index (χ4v) is 1.66. The third-order valence-electron chi connectivity index (χ3n) is 2.73. The lowest BCUT2D eigenvalue weighted by molar-refractivity contribution is -0.129. The van der Waals surface area contributed by atoms with Crippen molar-refractivity contribution >= 4 is 17.7 Å². The van der Waals surface area contributed by atoms with Gasteiger partial charge in [0.2, 0.25) is 5.91 Å². The summed E-state index contributed by atoms with van der Waals surface area (Å²) in [6.45, 7) is 4.79. The Balaban J connectivity index is 2.65. The van der Waals surface area contributed by atoms with E-state index in [1.54, 1.807) is 13.8 Å². The number of rotatable bonds is 4. The maximum atomic E-state index is 13.4. The first-order valence-corrected chi connectivity index (χ1v) is 6.44. The van der Waals surface area contributed by atoms with E-state index in [9.17, 15) is 18.8 Å². The van der Waals surface area contributed by atoms with Crippen LogP contribution in [-0.2, 0) is 9.59 Å². The van der Waals surface area contributed by atoms with E-state index in [4.69, 9.17) is 0 Å². The highest BCUT2D eigenvalue weighted by atomic mass is 19.1. The zero-order valence-electron chi connectivity index (χ0n) is 12.1. The van der Waals surface area contributed by atoms with Gasteiger partial charge in [0, 0.05) is 6.92 Å². The minimum Gasteiger partial charge on any atom is -0.344 e. The summed E-state index contributed by atoms with van der Waals surface area (Å²) in [6.07, 6.45) is 0. The molecule has 0 saturated carbocycles. The predicted octanol–water partition coefficient (Wildman–Crippen LogP) is 0.747. The first kappa shape index (κ1) is 16.6. The van der Waals surface area contributed by atoms with Crippen LogP contribution in [-0.4, -0.2) is 23.8 Å². The van der Waals surface area contributed by atoms with Crippen molar-refractivity contribution in [1.82, 2.24) is 16.2 Å². The SMILES string of the molecule is CC(=O)NC(C(=O)NNC(=O)c1ccccc1F)C(C)C. The molecule has 1 aromatic rings. The Morgan fingerprint density at radius 2 is 1.71 bits per heavy atom. The highest BCUT2D eigenvalue weighted by molar-refractivity contribution is 5.96. The van der Waals surface area contributed by atoms with Gasteiger partial charge in [-0.05, 0) is 18.1 Å². The number of nitrogens with one attached hydrogen (secondary N) is 3. The highest BCUT2D eigenvalue weighted by Gasteiger charge is 2.23. The standard InChI is InChI=1S/C14H18FN3O3/c1-8(2)12(16-9(3)19)14(21)18-17-13(20)10-6-4-5-7-11(10)15/h4-8,12H,1-3H3,(H,16,19)(H,17,20)(H,18,21). The molecule has 0 aliphatic carbocycles. The molecule has 3 amide bonds. The maximum Gasteiger partial charge on any atom is 0.272 e. The third kappa shape index (κ3) is 4.87. The second-order valence-corrected chi connectivity index (χ2v) is 4.85. The first-order chi connectivity index (χ1) is 9.82. The summed E-state index contributed by atoms with van der Waals surface area (Å²) in [5.74, 6) is -2.56. The van der Waals surface area contributed by atoms with Crippen molar-refractivity contribution in [2.24, 2.45) is 5.92 Å². The average molecular weight is 295 g/mol. The first-order valence-electron chi connectivity index (χ1n) is 6.44. The molecule has 0 radical (unpaired) electrons. The van der Waals surface area contributed by atoms with Crippen molar-refractivity contribution in [2.75, 3.05) is 0 Å². The summed E-state index contributed by atoms with van der Waals surface area (Å²) in [7, 11) is 0. The number of hydrogen-bond acceptors (Lipinski definition) is 3. The summed E-state index contributed by atoms with van der Waals surface area (Å²) in [6, 6.07) is 4.61. The highest BCUT2D eigenvalue weighted by Crippen LogP contribution is 2.05.